The number of nitrogens with two attached hydrogens (primary N) is 1. The molecule has 0 aliphatic carbocycles. The maximum Gasteiger partial charge on any atom is 0.404 e. The van der Waals surface area contributed by atoms with Gasteiger partial charge in [-0.05, 0) is 11.6 Å². The molecule has 5 heteroatoms. The maximum atomic E-state index is 10.1. The zero-order valence-electron chi connectivity index (χ0n) is 7.03. The summed E-state index contributed by atoms with van der Waals surface area (Å²) in [5.74, 6) is 0. The van der Waals surface area contributed by atoms with Gasteiger partial charge in [0.05, 0.1) is 12.2 Å². The maximum absolute atomic E-state index is 10.1. The zero-order valence-corrected chi connectivity index (χ0v) is 7.03. The smallest absolute Gasteiger partial charge is 0.404 e. The molecule has 1 rings (SSSR count). The van der Waals surface area contributed by atoms with E-state index in [9.17, 15) is 4.79 Å². The first kappa shape index (κ1) is 9.47. The van der Waals surface area contributed by atoms with Gasteiger partial charge in [-0.25, -0.2) is 4.79 Å². The number of carbonyl (C=O) groups is 1. The number of rotatable bonds is 3. The number of hydrogen-bond donors (Lipinski definition) is 3. The van der Waals surface area contributed by atoms with Crippen LogP contribution < -0.4 is 11.1 Å². The van der Waals surface area contributed by atoms with Crippen LogP contribution in [0.25, 0.3) is 0 Å². The number of nitrogens with one attached hydrogen (secondary N) is 1. The van der Waals surface area contributed by atoms with Crippen molar-refractivity contribution in [2.75, 3.05) is 0 Å². The highest BCUT2D eigenvalue weighted by Gasteiger charge is 1.97. The number of carboxylic acid groups (broad SMARTS) is 1. The minimum absolute atomic E-state index is 0.222. The molecule has 0 atom stereocenters. The minimum Gasteiger partial charge on any atom is -0.465 e. The van der Waals surface area contributed by atoms with E-state index in [1.807, 2.05) is 6.07 Å². The number of nitrogens with zero attached hydrogens (tertiary/aromatic N) is 1. The fourth-order valence-corrected chi connectivity index (χ4v) is 0.847. The Morgan fingerprint density at radius 2 is 2.38 bits per heavy atom. The first-order valence-electron chi connectivity index (χ1n) is 3.83. The average molecular weight is 181 g/mol. The van der Waals surface area contributed by atoms with Crippen molar-refractivity contribution in [2.45, 2.75) is 13.1 Å². The summed E-state index contributed by atoms with van der Waals surface area (Å²) in [5.41, 5.74) is 6.98. The van der Waals surface area contributed by atoms with Crippen molar-refractivity contribution in [2.24, 2.45) is 5.73 Å². The van der Waals surface area contributed by atoms with Crippen molar-refractivity contribution in [3.63, 3.8) is 0 Å². The summed E-state index contributed by atoms with van der Waals surface area (Å²) in [6.07, 6.45) is 0.587. The molecule has 1 heterocycles. The van der Waals surface area contributed by atoms with Gasteiger partial charge in [0.2, 0.25) is 0 Å². The Bertz CT molecular complexity index is 284. The molecule has 13 heavy (non-hydrogen) atoms. The van der Waals surface area contributed by atoms with Crippen LogP contribution >= 0.6 is 0 Å². The van der Waals surface area contributed by atoms with Crippen molar-refractivity contribution in [1.29, 1.82) is 0 Å². The van der Waals surface area contributed by atoms with Crippen LogP contribution in [0.3, 0.4) is 0 Å². The lowest BCUT2D eigenvalue weighted by Gasteiger charge is -2.01. The lowest BCUT2D eigenvalue weighted by atomic mass is 10.2. The van der Waals surface area contributed by atoms with E-state index in [0.717, 1.165) is 5.56 Å². The van der Waals surface area contributed by atoms with Crippen molar-refractivity contribution in [3.05, 3.63) is 29.6 Å². The molecular weight excluding hydrogens is 170 g/mol. The minimum atomic E-state index is -1.05. The van der Waals surface area contributed by atoms with Crippen molar-refractivity contribution < 1.29 is 9.90 Å². The number of amides is 1. The second-order valence-electron chi connectivity index (χ2n) is 2.52. The molecule has 0 aliphatic heterocycles. The zero-order chi connectivity index (χ0) is 9.68. The van der Waals surface area contributed by atoms with E-state index in [0.29, 0.717) is 12.2 Å². The lowest BCUT2D eigenvalue weighted by molar-refractivity contribution is 0.194. The average Bonchev–Trinajstić information content (AvgIpc) is 2.15. The molecule has 70 valence electrons. The van der Waals surface area contributed by atoms with Crippen LogP contribution in [0.4, 0.5) is 4.79 Å². The largest absolute Gasteiger partial charge is 0.465 e. The van der Waals surface area contributed by atoms with E-state index in [1.165, 1.54) is 0 Å². The van der Waals surface area contributed by atoms with Crippen molar-refractivity contribution >= 4 is 6.09 Å². The summed E-state index contributed by atoms with van der Waals surface area (Å²) in [6, 6.07) is 3.57. The molecule has 0 unspecified atom stereocenters. The van der Waals surface area contributed by atoms with Crippen molar-refractivity contribution in [1.82, 2.24) is 10.3 Å². The van der Waals surface area contributed by atoms with E-state index in [2.05, 4.69) is 10.3 Å². The first-order valence-corrected chi connectivity index (χ1v) is 3.83. The van der Waals surface area contributed by atoms with Gasteiger partial charge >= 0.3 is 6.09 Å². The molecule has 5 nitrogen and oxygen atoms in total. The SMILES string of the molecule is NCc1ccc(CNC(=O)O)nc1. The Morgan fingerprint density at radius 3 is 2.85 bits per heavy atom. The van der Waals surface area contributed by atoms with Crippen LogP contribution in [0, 0.1) is 0 Å². The van der Waals surface area contributed by atoms with Gasteiger partial charge in [0.15, 0.2) is 0 Å². The van der Waals surface area contributed by atoms with Gasteiger partial charge < -0.3 is 16.2 Å². The summed E-state index contributed by atoms with van der Waals surface area (Å²) in [4.78, 5) is 14.2. The molecule has 0 radical (unpaired) electrons. The second kappa shape index (κ2) is 4.42. The molecule has 0 bridgehead atoms. The Labute approximate surface area is 75.6 Å². The van der Waals surface area contributed by atoms with Crippen molar-refractivity contribution in [3.8, 4) is 0 Å². The molecule has 0 fully saturated rings. The highest BCUT2D eigenvalue weighted by molar-refractivity contribution is 5.64. The predicted octanol–water partition coefficient (Wildman–Crippen LogP) is 0.308. The fraction of sp³-hybridized carbons (Fsp3) is 0.250. The number of pyridine rings is 1. The monoisotopic (exact) mass is 181 g/mol. The Morgan fingerprint density at radius 1 is 1.62 bits per heavy atom. The molecule has 0 saturated heterocycles. The van der Waals surface area contributed by atoms with E-state index in [-0.39, 0.29) is 6.54 Å². The standard InChI is InChI=1S/C8H11N3O2/c9-3-6-1-2-7(10-4-6)5-11-8(12)13/h1-2,4,11H,3,5,9H2,(H,12,13). The quantitative estimate of drug-likeness (QED) is 0.626. The van der Waals surface area contributed by atoms with E-state index in [1.54, 1.807) is 12.3 Å². The number of aromatic nitrogens is 1. The molecule has 1 aromatic heterocycles. The number of hydrogen-bond acceptors (Lipinski definition) is 3. The Kier molecular flexibility index (Phi) is 3.22. The van der Waals surface area contributed by atoms with Gasteiger partial charge in [-0.1, -0.05) is 6.07 Å². The topological polar surface area (TPSA) is 88.2 Å². The van der Waals surface area contributed by atoms with Crippen LogP contribution in [-0.4, -0.2) is 16.2 Å². The summed E-state index contributed by atoms with van der Waals surface area (Å²) < 4.78 is 0. The van der Waals surface area contributed by atoms with Crippen LogP contribution in [0.15, 0.2) is 18.3 Å². The van der Waals surface area contributed by atoms with Crippen LogP contribution in [0.1, 0.15) is 11.3 Å². The van der Waals surface area contributed by atoms with Crippen LogP contribution in [-0.2, 0) is 13.1 Å². The first-order chi connectivity index (χ1) is 6.22. The third kappa shape index (κ3) is 3.08. The van der Waals surface area contributed by atoms with Gasteiger partial charge in [-0.2, -0.15) is 0 Å². The van der Waals surface area contributed by atoms with Gasteiger partial charge in [0.1, 0.15) is 0 Å². The molecule has 1 amide bonds. The highest BCUT2D eigenvalue weighted by atomic mass is 16.4. The molecule has 0 aliphatic rings. The van der Waals surface area contributed by atoms with Crippen LogP contribution in [0.2, 0.25) is 0 Å². The van der Waals surface area contributed by atoms with E-state index < -0.39 is 6.09 Å². The Hall–Kier alpha value is -1.62. The normalized spacial score (nSPS) is 9.62. The second-order valence-corrected chi connectivity index (χ2v) is 2.52. The van der Waals surface area contributed by atoms with Gasteiger partial charge in [-0.15, -0.1) is 0 Å². The third-order valence-corrected chi connectivity index (χ3v) is 1.54. The van der Waals surface area contributed by atoms with Gasteiger partial charge in [0.25, 0.3) is 0 Å². The van der Waals surface area contributed by atoms with Gasteiger partial charge in [-0.3, -0.25) is 4.98 Å². The van der Waals surface area contributed by atoms with Crippen LogP contribution in [0.5, 0.6) is 0 Å². The summed E-state index contributed by atoms with van der Waals surface area (Å²) in [7, 11) is 0. The molecule has 0 spiro atoms. The molecule has 0 saturated carbocycles. The summed E-state index contributed by atoms with van der Waals surface area (Å²) in [5, 5.41) is 10.5. The third-order valence-electron chi connectivity index (χ3n) is 1.54. The highest BCUT2D eigenvalue weighted by Crippen LogP contribution is 1.98. The van der Waals surface area contributed by atoms with E-state index in [4.69, 9.17) is 10.8 Å². The lowest BCUT2D eigenvalue weighted by Crippen LogP contribution is -2.20. The molecule has 1 aromatic rings. The summed E-state index contributed by atoms with van der Waals surface area (Å²) >= 11 is 0. The molecular formula is C8H11N3O2. The van der Waals surface area contributed by atoms with E-state index >= 15 is 0 Å². The van der Waals surface area contributed by atoms with Gasteiger partial charge in [0, 0.05) is 12.7 Å². The molecule has 0 aromatic carbocycles. The fourth-order valence-electron chi connectivity index (χ4n) is 0.847. The Balaban J connectivity index is 2.54. The predicted molar refractivity (Wildman–Crippen MR) is 47.0 cm³/mol. The molecule has 4 N–H and O–H groups in total. The summed E-state index contributed by atoms with van der Waals surface area (Å²) in [6.45, 7) is 0.666.